The van der Waals surface area contributed by atoms with Gasteiger partial charge in [-0.1, -0.05) is 20.1 Å². The van der Waals surface area contributed by atoms with Gasteiger partial charge in [-0.25, -0.2) is 9.68 Å². The minimum absolute atomic E-state index is 0.191. The third kappa shape index (κ3) is 3.94. The summed E-state index contributed by atoms with van der Waals surface area (Å²) in [5.74, 6) is -2.12. The molecule has 1 aliphatic carbocycles. The fourth-order valence-corrected chi connectivity index (χ4v) is 3.64. The Bertz CT molecular complexity index is 580. The van der Waals surface area contributed by atoms with E-state index >= 15 is 0 Å². The van der Waals surface area contributed by atoms with E-state index in [2.05, 4.69) is 18.0 Å². The highest BCUT2D eigenvalue weighted by Gasteiger charge is 2.51. The van der Waals surface area contributed by atoms with E-state index in [1.807, 2.05) is 0 Å². The maximum atomic E-state index is 12.1. The van der Waals surface area contributed by atoms with Crippen LogP contribution in [0.4, 0.5) is 0 Å². The number of aliphatic hydroxyl groups is 1. The molecule has 7 nitrogen and oxygen atoms in total. The largest absolute Gasteiger partial charge is 0.461 e. The third-order valence-electron chi connectivity index (χ3n) is 5.41. The molecule has 25 heavy (non-hydrogen) atoms. The van der Waals surface area contributed by atoms with Crippen molar-refractivity contribution in [3.63, 3.8) is 0 Å². The minimum Gasteiger partial charge on any atom is -0.461 e. The van der Waals surface area contributed by atoms with Gasteiger partial charge in [0, 0.05) is 24.8 Å². The molecule has 1 saturated heterocycles. The number of hydrogen-bond acceptors (Lipinski definition) is 7. The van der Waals surface area contributed by atoms with Crippen LogP contribution in [0.25, 0.3) is 0 Å². The SMILES string of the molecule is C=C1CC(OC(C)=O)C2C(=C)C(=O)OC2C(C)C(C)(O)CCC1OO. The van der Waals surface area contributed by atoms with Crippen molar-refractivity contribution in [2.75, 3.05) is 0 Å². The van der Waals surface area contributed by atoms with Crippen LogP contribution < -0.4 is 0 Å². The molecule has 6 unspecified atom stereocenters. The van der Waals surface area contributed by atoms with Gasteiger partial charge in [0.2, 0.25) is 0 Å². The molecule has 0 aromatic carbocycles. The third-order valence-corrected chi connectivity index (χ3v) is 5.41. The van der Waals surface area contributed by atoms with Gasteiger partial charge in [0.15, 0.2) is 0 Å². The number of carbonyl (C=O) groups is 2. The van der Waals surface area contributed by atoms with Gasteiger partial charge in [0.1, 0.15) is 18.3 Å². The molecule has 1 saturated carbocycles. The molecule has 1 heterocycles. The van der Waals surface area contributed by atoms with E-state index in [-0.39, 0.29) is 12.0 Å². The van der Waals surface area contributed by atoms with Crippen molar-refractivity contribution in [1.29, 1.82) is 0 Å². The van der Waals surface area contributed by atoms with E-state index < -0.39 is 47.7 Å². The molecule has 0 aromatic rings. The van der Waals surface area contributed by atoms with E-state index in [4.69, 9.17) is 9.47 Å². The van der Waals surface area contributed by atoms with Gasteiger partial charge >= 0.3 is 11.9 Å². The minimum atomic E-state index is -1.19. The molecule has 1 aliphatic heterocycles. The molecule has 0 bridgehead atoms. The number of rotatable bonds is 2. The first-order valence-corrected chi connectivity index (χ1v) is 8.35. The first-order chi connectivity index (χ1) is 11.6. The summed E-state index contributed by atoms with van der Waals surface area (Å²) in [5, 5.41) is 20.0. The fourth-order valence-electron chi connectivity index (χ4n) is 3.64. The highest BCUT2D eigenvalue weighted by molar-refractivity contribution is 5.91. The number of hydrogen-bond donors (Lipinski definition) is 2. The van der Waals surface area contributed by atoms with E-state index in [1.54, 1.807) is 13.8 Å². The Labute approximate surface area is 147 Å². The van der Waals surface area contributed by atoms with Crippen LogP contribution in [-0.4, -0.2) is 46.2 Å². The van der Waals surface area contributed by atoms with Crippen molar-refractivity contribution in [1.82, 2.24) is 0 Å². The van der Waals surface area contributed by atoms with Crippen molar-refractivity contribution < 1.29 is 34.3 Å². The molecule has 2 N–H and O–H groups in total. The number of carbonyl (C=O) groups excluding carboxylic acids is 2. The molecular formula is C18H26O7. The molecule has 7 heteroatoms. The first kappa shape index (κ1) is 19.6. The zero-order valence-electron chi connectivity index (χ0n) is 14.9. The van der Waals surface area contributed by atoms with Crippen LogP contribution >= 0.6 is 0 Å². The second-order valence-corrected chi connectivity index (χ2v) is 7.21. The van der Waals surface area contributed by atoms with Gasteiger partial charge in [-0.15, -0.1) is 0 Å². The van der Waals surface area contributed by atoms with Crippen molar-refractivity contribution in [2.45, 2.75) is 63.9 Å². The standard InChI is InChI=1S/C18H26O7/c1-9-8-14(23-12(4)19)15-10(2)17(20)24-16(15)11(3)18(5,21)7-6-13(9)25-22/h11,13-16,21-22H,1-2,6-8H2,3-5H3. The van der Waals surface area contributed by atoms with Gasteiger partial charge < -0.3 is 14.6 Å². The van der Waals surface area contributed by atoms with Crippen molar-refractivity contribution >= 4 is 11.9 Å². The second kappa shape index (κ2) is 7.27. The average molecular weight is 354 g/mol. The lowest BCUT2D eigenvalue weighted by Gasteiger charge is -2.39. The maximum absolute atomic E-state index is 12.1. The van der Waals surface area contributed by atoms with E-state index in [1.165, 1.54) is 6.92 Å². The molecule has 0 aromatic heterocycles. The zero-order chi connectivity index (χ0) is 18.9. The Morgan fingerprint density at radius 2 is 2.04 bits per heavy atom. The quantitative estimate of drug-likeness (QED) is 0.257. The highest BCUT2D eigenvalue weighted by Crippen LogP contribution is 2.43. The van der Waals surface area contributed by atoms with Crippen LogP contribution in [0.5, 0.6) is 0 Å². The normalized spacial score (nSPS) is 39.6. The Hall–Kier alpha value is -1.70. The van der Waals surface area contributed by atoms with Crippen molar-refractivity contribution in [3.05, 3.63) is 24.3 Å². The predicted octanol–water partition coefficient (Wildman–Crippen LogP) is 2.00. The molecule has 6 atom stereocenters. The van der Waals surface area contributed by atoms with Crippen molar-refractivity contribution in [3.8, 4) is 0 Å². The summed E-state index contributed by atoms with van der Waals surface area (Å²) < 4.78 is 10.9. The lowest BCUT2D eigenvalue weighted by molar-refractivity contribution is -0.273. The van der Waals surface area contributed by atoms with Gasteiger partial charge in [-0.2, -0.15) is 0 Å². The summed E-state index contributed by atoms with van der Waals surface area (Å²) in [4.78, 5) is 28.2. The molecular weight excluding hydrogens is 328 g/mol. The maximum Gasteiger partial charge on any atom is 0.334 e. The Morgan fingerprint density at radius 1 is 1.40 bits per heavy atom. The van der Waals surface area contributed by atoms with Gasteiger partial charge in [-0.3, -0.25) is 10.1 Å². The van der Waals surface area contributed by atoms with Crippen molar-refractivity contribution in [2.24, 2.45) is 11.8 Å². The summed E-state index contributed by atoms with van der Waals surface area (Å²) >= 11 is 0. The van der Waals surface area contributed by atoms with Gasteiger partial charge in [0.05, 0.1) is 11.5 Å². The summed E-state index contributed by atoms with van der Waals surface area (Å²) in [6.07, 6.45) is -1.30. The van der Waals surface area contributed by atoms with Crippen LogP contribution in [0.15, 0.2) is 24.3 Å². The molecule has 2 aliphatic rings. The molecule has 0 radical (unpaired) electrons. The number of fused-ring (bicyclic) bond motifs is 1. The number of esters is 2. The average Bonchev–Trinajstić information content (AvgIpc) is 2.80. The summed E-state index contributed by atoms with van der Waals surface area (Å²) in [6, 6.07) is 0. The van der Waals surface area contributed by atoms with Crippen LogP contribution in [0.1, 0.15) is 40.0 Å². The first-order valence-electron chi connectivity index (χ1n) is 8.35. The predicted molar refractivity (Wildman–Crippen MR) is 88.3 cm³/mol. The number of ether oxygens (including phenoxy) is 2. The lowest BCUT2D eigenvalue weighted by atomic mass is 9.73. The second-order valence-electron chi connectivity index (χ2n) is 7.21. The molecule has 2 fully saturated rings. The molecule has 140 valence electrons. The summed E-state index contributed by atoms with van der Waals surface area (Å²) in [5.41, 5.74) is -0.484. The van der Waals surface area contributed by atoms with Crippen LogP contribution in [0.2, 0.25) is 0 Å². The molecule has 2 rings (SSSR count). The van der Waals surface area contributed by atoms with Crippen LogP contribution in [-0.2, 0) is 24.0 Å². The summed E-state index contributed by atoms with van der Waals surface area (Å²) in [7, 11) is 0. The van der Waals surface area contributed by atoms with Gasteiger partial charge in [-0.05, 0) is 25.3 Å². The van der Waals surface area contributed by atoms with Gasteiger partial charge in [0.25, 0.3) is 0 Å². The van der Waals surface area contributed by atoms with Crippen LogP contribution in [0, 0.1) is 11.8 Å². The Balaban J connectivity index is 2.47. The van der Waals surface area contributed by atoms with E-state index in [9.17, 15) is 20.0 Å². The zero-order valence-corrected chi connectivity index (χ0v) is 14.9. The van der Waals surface area contributed by atoms with E-state index in [0.29, 0.717) is 18.4 Å². The highest BCUT2D eigenvalue weighted by atomic mass is 17.1. The smallest absolute Gasteiger partial charge is 0.334 e. The van der Waals surface area contributed by atoms with Crippen LogP contribution in [0.3, 0.4) is 0 Å². The lowest BCUT2D eigenvalue weighted by Crippen LogP contribution is -2.47. The fraction of sp³-hybridized carbons (Fsp3) is 0.667. The monoisotopic (exact) mass is 354 g/mol. The molecule has 0 amide bonds. The van der Waals surface area contributed by atoms with E-state index in [0.717, 1.165) is 0 Å². The topological polar surface area (TPSA) is 102 Å². The summed E-state index contributed by atoms with van der Waals surface area (Å²) in [6.45, 7) is 12.4. The molecule has 0 spiro atoms. The Morgan fingerprint density at radius 3 is 2.60 bits per heavy atom. The Kier molecular flexibility index (Phi) is 5.71.